The second-order valence-electron chi connectivity index (χ2n) is 6.89. The SMILES string of the molecule is CC1(C)C(C(Br)c2cccc3ccccc23)C1(C)C. The fourth-order valence-corrected chi connectivity index (χ4v) is 5.37. The van der Waals surface area contributed by atoms with E-state index in [1.54, 1.807) is 0 Å². The average Bonchev–Trinajstić information content (AvgIpc) is 2.78. The van der Waals surface area contributed by atoms with Crippen molar-refractivity contribution >= 4 is 26.7 Å². The van der Waals surface area contributed by atoms with Gasteiger partial charge < -0.3 is 0 Å². The molecule has 2 aromatic carbocycles. The van der Waals surface area contributed by atoms with E-state index in [0.717, 1.165) is 0 Å². The van der Waals surface area contributed by atoms with Crippen LogP contribution in [0.2, 0.25) is 0 Å². The van der Waals surface area contributed by atoms with Crippen molar-refractivity contribution in [1.29, 1.82) is 0 Å². The van der Waals surface area contributed by atoms with Crippen molar-refractivity contribution in [3.05, 3.63) is 48.0 Å². The van der Waals surface area contributed by atoms with Crippen molar-refractivity contribution in [2.45, 2.75) is 32.5 Å². The number of fused-ring (bicyclic) bond motifs is 1. The summed E-state index contributed by atoms with van der Waals surface area (Å²) in [5.41, 5.74) is 2.23. The fraction of sp³-hybridized carbons (Fsp3) is 0.444. The molecule has 3 rings (SSSR count). The molecule has 0 spiro atoms. The number of halogens is 1. The van der Waals surface area contributed by atoms with Crippen molar-refractivity contribution in [2.75, 3.05) is 0 Å². The van der Waals surface area contributed by atoms with Crippen LogP contribution in [0.3, 0.4) is 0 Å². The lowest BCUT2D eigenvalue weighted by molar-refractivity contribution is 0.457. The van der Waals surface area contributed by atoms with E-state index in [0.29, 0.717) is 21.6 Å². The Kier molecular flexibility index (Phi) is 2.83. The van der Waals surface area contributed by atoms with Crippen molar-refractivity contribution in [2.24, 2.45) is 16.7 Å². The third-order valence-electron chi connectivity index (χ3n) is 5.55. The molecule has 0 radical (unpaired) electrons. The van der Waals surface area contributed by atoms with Gasteiger partial charge in [0, 0.05) is 4.83 Å². The number of rotatable bonds is 2. The molecule has 1 atom stereocenters. The maximum absolute atomic E-state index is 3.99. The van der Waals surface area contributed by atoms with Crippen LogP contribution in [0.4, 0.5) is 0 Å². The Morgan fingerprint density at radius 1 is 0.895 bits per heavy atom. The van der Waals surface area contributed by atoms with E-state index in [4.69, 9.17) is 0 Å². The van der Waals surface area contributed by atoms with Crippen LogP contribution in [0, 0.1) is 16.7 Å². The number of hydrogen-bond donors (Lipinski definition) is 0. The lowest BCUT2D eigenvalue weighted by Gasteiger charge is -2.15. The molecule has 1 heteroatoms. The van der Waals surface area contributed by atoms with E-state index in [1.807, 2.05) is 0 Å². The second kappa shape index (κ2) is 4.09. The van der Waals surface area contributed by atoms with Gasteiger partial charge in [0.1, 0.15) is 0 Å². The highest BCUT2D eigenvalue weighted by molar-refractivity contribution is 9.09. The molecule has 0 bridgehead atoms. The maximum Gasteiger partial charge on any atom is 0.0440 e. The van der Waals surface area contributed by atoms with Gasteiger partial charge in [-0.1, -0.05) is 86.1 Å². The Bertz CT molecular complexity index is 605. The van der Waals surface area contributed by atoms with Gasteiger partial charge in [-0.15, -0.1) is 0 Å². The minimum atomic E-state index is 0.401. The normalized spacial score (nSPS) is 22.4. The number of hydrogen-bond acceptors (Lipinski definition) is 0. The van der Waals surface area contributed by atoms with E-state index in [2.05, 4.69) is 86.1 Å². The molecule has 19 heavy (non-hydrogen) atoms. The standard InChI is InChI=1S/C18H21Br/c1-17(2)16(18(17,3)4)15(19)14-11-7-9-12-8-5-6-10-13(12)14/h5-11,15-16H,1-4H3. The zero-order valence-corrected chi connectivity index (χ0v) is 13.7. The zero-order valence-electron chi connectivity index (χ0n) is 12.1. The first kappa shape index (κ1) is 13.2. The molecule has 100 valence electrons. The van der Waals surface area contributed by atoms with Gasteiger partial charge in [0.15, 0.2) is 0 Å². The van der Waals surface area contributed by atoms with Crippen LogP contribution in [0.5, 0.6) is 0 Å². The third kappa shape index (κ3) is 1.78. The van der Waals surface area contributed by atoms with Gasteiger partial charge in [-0.05, 0) is 33.1 Å². The Morgan fingerprint density at radius 3 is 2.11 bits per heavy atom. The summed E-state index contributed by atoms with van der Waals surface area (Å²) < 4.78 is 0. The molecule has 1 unspecified atom stereocenters. The van der Waals surface area contributed by atoms with Gasteiger partial charge in [0.2, 0.25) is 0 Å². The Hall–Kier alpha value is -0.820. The highest BCUT2D eigenvalue weighted by atomic mass is 79.9. The minimum Gasteiger partial charge on any atom is -0.0835 e. The smallest absolute Gasteiger partial charge is 0.0440 e. The van der Waals surface area contributed by atoms with E-state index >= 15 is 0 Å². The second-order valence-corrected chi connectivity index (χ2v) is 7.88. The van der Waals surface area contributed by atoms with Gasteiger partial charge in [-0.25, -0.2) is 0 Å². The molecule has 0 amide bonds. The van der Waals surface area contributed by atoms with Gasteiger partial charge in [-0.2, -0.15) is 0 Å². The van der Waals surface area contributed by atoms with E-state index in [-0.39, 0.29) is 0 Å². The monoisotopic (exact) mass is 316 g/mol. The van der Waals surface area contributed by atoms with Crippen molar-refractivity contribution in [3.63, 3.8) is 0 Å². The summed E-state index contributed by atoms with van der Waals surface area (Å²) in [6, 6.07) is 15.3. The van der Waals surface area contributed by atoms with Crippen molar-refractivity contribution in [3.8, 4) is 0 Å². The Morgan fingerprint density at radius 2 is 1.47 bits per heavy atom. The summed E-state index contributed by atoms with van der Waals surface area (Å²) in [5, 5.41) is 2.71. The predicted octanol–water partition coefficient (Wildman–Crippen LogP) is 5.96. The summed E-state index contributed by atoms with van der Waals surface area (Å²) in [5.74, 6) is 0.686. The van der Waals surface area contributed by atoms with Crippen LogP contribution in [0.25, 0.3) is 10.8 Å². The molecule has 2 aromatic rings. The van der Waals surface area contributed by atoms with Crippen LogP contribution < -0.4 is 0 Å². The summed E-state index contributed by atoms with van der Waals surface area (Å²) in [6.45, 7) is 9.54. The van der Waals surface area contributed by atoms with Gasteiger partial charge in [-0.3, -0.25) is 0 Å². The Balaban J connectivity index is 2.07. The molecule has 0 aromatic heterocycles. The summed E-state index contributed by atoms with van der Waals surface area (Å²) >= 11 is 3.99. The third-order valence-corrected chi connectivity index (χ3v) is 6.57. The van der Waals surface area contributed by atoms with Gasteiger partial charge in [0.25, 0.3) is 0 Å². The highest BCUT2D eigenvalue weighted by Gasteiger charge is 2.66. The molecule has 0 N–H and O–H groups in total. The molecule has 1 fully saturated rings. The lowest BCUT2D eigenvalue weighted by Crippen LogP contribution is -2.00. The molecular formula is C18H21Br. The summed E-state index contributed by atoms with van der Waals surface area (Å²) in [7, 11) is 0. The van der Waals surface area contributed by atoms with Crippen molar-refractivity contribution in [1.82, 2.24) is 0 Å². The Labute approximate surface area is 124 Å². The van der Waals surface area contributed by atoms with Crippen LogP contribution in [0.1, 0.15) is 38.1 Å². The summed E-state index contributed by atoms with van der Waals surface area (Å²) in [4.78, 5) is 0.434. The fourth-order valence-electron chi connectivity index (χ4n) is 3.65. The summed E-state index contributed by atoms with van der Waals surface area (Å²) in [6.07, 6.45) is 0. The first-order chi connectivity index (χ1) is 8.87. The minimum absolute atomic E-state index is 0.401. The molecule has 0 nitrogen and oxygen atoms in total. The molecular weight excluding hydrogens is 296 g/mol. The van der Waals surface area contributed by atoms with Crippen molar-refractivity contribution < 1.29 is 0 Å². The van der Waals surface area contributed by atoms with Gasteiger partial charge in [0.05, 0.1) is 0 Å². The molecule has 1 aliphatic carbocycles. The molecule has 0 saturated heterocycles. The van der Waals surface area contributed by atoms with Crippen LogP contribution in [-0.2, 0) is 0 Å². The highest BCUT2D eigenvalue weighted by Crippen LogP contribution is 2.74. The topological polar surface area (TPSA) is 0 Å². The quantitative estimate of drug-likeness (QED) is 0.600. The molecule has 1 aliphatic rings. The molecule has 0 heterocycles. The largest absolute Gasteiger partial charge is 0.0835 e. The number of benzene rings is 2. The molecule has 0 aliphatic heterocycles. The first-order valence-electron chi connectivity index (χ1n) is 6.99. The zero-order chi connectivity index (χ0) is 13.8. The van der Waals surface area contributed by atoms with E-state index < -0.39 is 0 Å². The lowest BCUT2D eigenvalue weighted by atomic mass is 9.97. The first-order valence-corrected chi connectivity index (χ1v) is 7.90. The van der Waals surface area contributed by atoms with E-state index in [1.165, 1.54) is 16.3 Å². The van der Waals surface area contributed by atoms with Gasteiger partial charge >= 0.3 is 0 Å². The van der Waals surface area contributed by atoms with Crippen LogP contribution in [-0.4, -0.2) is 0 Å². The van der Waals surface area contributed by atoms with Crippen LogP contribution >= 0.6 is 15.9 Å². The van der Waals surface area contributed by atoms with Crippen LogP contribution in [0.15, 0.2) is 42.5 Å². The molecule has 1 saturated carbocycles. The maximum atomic E-state index is 3.99. The van der Waals surface area contributed by atoms with E-state index in [9.17, 15) is 0 Å². The average molecular weight is 317 g/mol. The number of alkyl halides is 1. The predicted molar refractivity (Wildman–Crippen MR) is 86.7 cm³/mol.